The van der Waals surface area contributed by atoms with Crippen LogP contribution in [0.25, 0.3) is 0 Å². The molecular formula is C13H11BrN4. The highest BCUT2D eigenvalue weighted by Crippen LogP contribution is 2.15. The zero-order chi connectivity index (χ0) is 13.0. The van der Waals surface area contributed by atoms with E-state index >= 15 is 0 Å². The first-order chi connectivity index (χ1) is 8.69. The van der Waals surface area contributed by atoms with Gasteiger partial charge in [-0.3, -0.25) is 0 Å². The molecule has 4 nitrogen and oxygen atoms in total. The lowest BCUT2D eigenvalue weighted by atomic mass is 10.2. The number of hydrogen-bond donors (Lipinski definition) is 0. The predicted molar refractivity (Wildman–Crippen MR) is 73.0 cm³/mol. The molecule has 0 unspecified atom stereocenters. The average Bonchev–Trinajstić information content (AvgIpc) is 2.39. The maximum atomic E-state index is 8.66. The molecule has 0 aliphatic heterocycles. The highest BCUT2D eigenvalue weighted by Gasteiger charge is 2.04. The van der Waals surface area contributed by atoms with E-state index < -0.39 is 0 Å². The maximum Gasteiger partial charge on any atom is 0.158 e. The first-order valence-corrected chi connectivity index (χ1v) is 6.16. The van der Waals surface area contributed by atoms with Gasteiger partial charge in [0.25, 0.3) is 0 Å². The number of anilines is 1. The summed E-state index contributed by atoms with van der Waals surface area (Å²) in [5, 5.41) is 8.66. The lowest BCUT2D eigenvalue weighted by Crippen LogP contribution is -2.17. The fraction of sp³-hybridized carbons (Fsp3) is 0.154. The smallest absolute Gasteiger partial charge is 0.158 e. The summed E-state index contributed by atoms with van der Waals surface area (Å²) in [6.45, 7) is 0.736. The van der Waals surface area contributed by atoms with Crippen LogP contribution in [0.15, 0.2) is 41.1 Å². The molecule has 2 aromatic rings. The van der Waals surface area contributed by atoms with Crippen LogP contribution in [0.3, 0.4) is 0 Å². The molecule has 1 aromatic heterocycles. The van der Waals surface area contributed by atoms with Crippen molar-refractivity contribution >= 4 is 21.7 Å². The first kappa shape index (κ1) is 12.5. The summed E-state index contributed by atoms with van der Waals surface area (Å²) < 4.78 is 1.05. The Bertz CT molecular complexity index is 574. The Balaban J connectivity index is 2.12. The van der Waals surface area contributed by atoms with Crippen LogP contribution in [-0.4, -0.2) is 17.0 Å². The van der Waals surface area contributed by atoms with E-state index in [-0.39, 0.29) is 0 Å². The van der Waals surface area contributed by atoms with Crippen molar-refractivity contribution in [3.63, 3.8) is 0 Å². The zero-order valence-electron chi connectivity index (χ0n) is 9.84. The molecule has 0 spiro atoms. The number of benzene rings is 1. The van der Waals surface area contributed by atoms with Crippen molar-refractivity contribution in [2.45, 2.75) is 6.54 Å². The number of aromatic nitrogens is 2. The Morgan fingerprint density at radius 3 is 2.78 bits per heavy atom. The first-order valence-electron chi connectivity index (χ1n) is 5.37. The van der Waals surface area contributed by atoms with Crippen molar-refractivity contribution in [3.05, 3.63) is 52.4 Å². The Hall–Kier alpha value is -1.93. The van der Waals surface area contributed by atoms with Crippen molar-refractivity contribution in [3.8, 4) is 6.07 Å². The topological polar surface area (TPSA) is 52.8 Å². The number of rotatable bonds is 3. The van der Waals surface area contributed by atoms with Gasteiger partial charge in [-0.05, 0) is 17.7 Å². The minimum Gasteiger partial charge on any atom is -0.354 e. The van der Waals surface area contributed by atoms with Crippen molar-refractivity contribution in [2.24, 2.45) is 0 Å². The maximum absolute atomic E-state index is 8.66. The van der Waals surface area contributed by atoms with Gasteiger partial charge in [0.15, 0.2) is 5.69 Å². The second kappa shape index (κ2) is 5.61. The molecule has 0 atom stereocenters. The summed E-state index contributed by atoms with van der Waals surface area (Å²) in [6, 6.07) is 10.1. The molecular weight excluding hydrogens is 292 g/mol. The Morgan fingerprint density at radius 1 is 1.33 bits per heavy atom. The van der Waals surface area contributed by atoms with Crippen molar-refractivity contribution < 1.29 is 0 Å². The normalized spacial score (nSPS) is 9.83. The van der Waals surface area contributed by atoms with Gasteiger partial charge in [-0.1, -0.05) is 28.1 Å². The van der Waals surface area contributed by atoms with Gasteiger partial charge in [-0.2, -0.15) is 5.26 Å². The number of halogens is 1. The summed E-state index contributed by atoms with van der Waals surface area (Å²) >= 11 is 3.44. The van der Waals surface area contributed by atoms with E-state index in [2.05, 4.69) is 38.0 Å². The molecule has 0 radical (unpaired) electrons. The molecule has 0 saturated carbocycles. The average molecular weight is 303 g/mol. The van der Waals surface area contributed by atoms with Crippen LogP contribution in [0, 0.1) is 11.3 Å². The van der Waals surface area contributed by atoms with Crippen LogP contribution in [0.4, 0.5) is 5.82 Å². The van der Waals surface area contributed by atoms with Gasteiger partial charge in [0, 0.05) is 18.1 Å². The van der Waals surface area contributed by atoms with Crippen molar-refractivity contribution in [1.82, 2.24) is 9.97 Å². The molecule has 0 amide bonds. The third-order valence-corrected chi connectivity index (χ3v) is 2.95. The molecule has 1 heterocycles. The number of nitrogens with zero attached hydrogens (tertiary/aromatic N) is 4. The van der Waals surface area contributed by atoms with E-state index in [1.807, 2.05) is 30.1 Å². The van der Waals surface area contributed by atoms with E-state index in [1.54, 1.807) is 6.20 Å². The minimum absolute atomic E-state index is 0.328. The van der Waals surface area contributed by atoms with Gasteiger partial charge in [0.05, 0.1) is 12.4 Å². The van der Waals surface area contributed by atoms with Crippen molar-refractivity contribution in [2.75, 3.05) is 11.9 Å². The fourth-order valence-corrected chi connectivity index (χ4v) is 2.01. The number of hydrogen-bond acceptors (Lipinski definition) is 4. The van der Waals surface area contributed by atoms with Gasteiger partial charge >= 0.3 is 0 Å². The molecule has 0 aliphatic rings. The third-order valence-electron chi connectivity index (χ3n) is 2.45. The Labute approximate surface area is 114 Å². The summed E-state index contributed by atoms with van der Waals surface area (Å²) in [6.07, 6.45) is 3.09. The van der Waals surface area contributed by atoms with Gasteiger partial charge in [0.1, 0.15) is 11.9 Å². The molecule has 0 saturated heterocycles. The molecule has 0 fully saturated rings. The van der Waals surface area contributed by atoms with E-state index in [9.17, 15) is 0 Å². The molecule has 18 heavy (non-hydrogen) atoms. The highest BCUT2D eigenvalue weighted by molar-refractivity contribution is 9.10. The van der Waals surface area contributed by atoms with Crippen LogP contribution in [-0.2, 0) is 6.54 Å². The lowest BCUT2D eigenvalue weighted by Gasteiger charge is -2.17. The number of nitriles is 1. The molecule has 0 bridgehead atoms. The van der Waals surface area contributed by atoms with Crippen LogP contribution < -0.4 is 4.90 Å². The lowest BCUT2D eigenvalue weighted by molar-refractivity contribution is 0.888. The second-order valence-electron chi connectivity index (χ2n) is 3.86. The molecule has 90 valence electrons. The molecule has 2 rings (SSSR count). The quantitative estimate of drug-likeness (QED) is 0.875. The third kappa shape index (κ3) is 3.05. The van der Waals surface area contributed by atoms with Gasteiger partial charge in [-0.25, -0.2) is 9.97 Å². The van der Waals surface area contributed by atoms with Crippen molar-refractivity contribution in [1.29, 1.82) is 5.26 Å². The van der Waals surface area contributed by atoms with Crippen LogP contribution in [0.1, 0.15) is 11.3 Å². The van der Waals surface area contributed by atoms with E-state index in [4.69, 9.17) is 5.26 Å². The van der Waals surface area contributed by atoms with Crippen LogP contribution in [0.5, 0.6) is 0 Å². The SMILES string of the molecule is CN(Cc1cccc(Br)c1)c1cnc(C#N)cn1. The summed E-state index contributed by atoms with van der Waals surface area (Å²) in [5.41, 5.74) is 1.51. The van der Waals surface area contributed by atoms with E-state index in [1.165, 1.54) is 11.8 Å². The molecule has 0 N–H and O–H groups in total. The van der Waals surface area contributed by atoms with E-state index in [0.717, 1.165) is 16.8 Å². The summed E-state index contributed by atoms with van der Waals surface area (Å²) in [5.74, 6) is 0.744. The second-order valence-corrected chi connectivity index (χ2v) is 4.77. The monoisotopic (exact) mass is 302 g/mol. The summed E-state index contributed by atoms with van der Waals surface area (Å²) in [4.78, 5) is 10.2. The highest BCUT2D eigenvalue weighted by atomic mass is 79.9. The summed E-state index contributed by atoms with van der Waals surface area (Å²) in [7, 11) is 1.94. The van der Waals surface area contributed by atoms with Gasteiger partial charge in [-0.15, -0.1) is 0 Å². The standard InChI is InChI=1S/C13H11BrN4/c1-18(9-10-3-2-4-11(14)5-10)13-8-16-12(6-15)7-17-13/h2-5,7-8H,9H2,1H3. The Kier molecular flexibility index (Phi) is 3.90. The van der Waals surface area contributed by atoms with E-state index in [0.29, 0.717) is 5.69 Å². The Morgan fingerprint density at radius 2 is 2.17 bits per heavy atom. The molecule has 5 heteroatoms. The zero-order valence-corrected chi connectivity index (χ0v) is 11.4. The largest absolute Gasteiger partial charge is 0.354 e. The van der Waals surface area contributed by atoms with Crippen LogP contribution in [0.2, 0.25) is 0 Å². The molecule has 1 aromatic carbocycles. The van der Waals surface area contributed by atoms with Crippen LogP contribution >= 0.6 is 15.9 Å². The van der Waals surface area contributed by atoms with Gasteiger partial charge < -0.3 is 4.90 Å². The predicted octanol–water partition coefficient (Wildman–Crippen LogP) is 2.75. The minimum atomic E-state index is 0.328. The fourth-order valence-electron chi connectivity index (χ4n) is 1.57. The molecule has 0 aliphatic carbocycles. The van der Waals surface area contributed by atoms with Gasteiger partial charge in [0.2, 0.25) is 0 Å².